The lowest BCUT2D eigenvalue weighted by Gasteiger charge is -2.37. The summed E-state index contributed by atoms with van der Waals surface area (Å²) in [7, 11) is 0. The standard InChI is InChI=1S/C14H18N4O2S/c19-13(10-17-6-7-21-14(17)20)18-5-4-16-9-12(18)11-2-1-3-15-8-11/h1-3,8,12,16H,4-7,9-10H2. The van der Waals surface area contributed by atoms with Crippen molar-refractivity contribution in [2.24, 2.45) is 0 Å². The van der Waals surface area contributed by atoms with Gasteiger partial charge < -0.3 is 15.1 Å². The summed E-state index contributed by atoms with van der Waals surface area (Å²) in [5.74, 6) is 0.792. The third-order valence-electron chi connectivity index (χ3n) is 3.80. The molecule has 2 saturated heterocycles. The number of hydrogen-bond acceptors (Lipinski definition) is 5. The molecule has 21 heavy (non-hydrogen) atoms. The number of thioether (sulfide) groups is 1. The summed E-state index contributed by atoms with van der Waals surface area (Å²) in [6.45, 7) is 3.01. The van der Waals surface area contributed by atoms with E-state index >= 15 is 0 Å². The lowest BCUT2D eigenvalue weighted by molar-refractivity contribution is -0.135. The molecule has 3 rings (SSSR count). The molecule has 1 N–H and O–H groups in total. The Hall–Kier alpha value is -1.60. The van der Waals surface area contributed by atoms with Gasteiger partial charge in [-0.1, -0.05) is 17.8 Å². The number of aromatic nitrogens is 1. The number of amides is 2. The van der Waals surface area contributed by atoms with Crippen LogP contribution < -0.4 is 5.32 Å². The van der Waals surface area contributed by atoms with Crippen LogP contribution in [-0.4, -0.2) is 64.4 Å². The van der Waals surface area contributed by atoms with Crippen LogP contribution in [0.1, 0.15) is 11.6 Å². The highest BCUT2D eigenvalue weighted by molar-refractivity contribution is 8.13. The van der Waals surface area contributed by atoms with E-state index in [2.05, 4.69) is 10.3 Å². The van der Waals surface area contributed by atoms with Gasteiger partial charge in [0.1, 0.15) is 6.54 Å². The summed E-state index contributed by atoms with van der Waals surface area (Å²) in [6, 6.07) is 3.86. The van der Waals surface area contributed by atoms with Crippen molar-refractivity contribution in [1.29, 1.82) is 0 Å². The van der Waals surface area contributed by atoms with Crippen LogP contribution in [0.4, 0.5) is 4.79 Å². The van der Waals surface area contributed by atoms with Gasteiger partial charge >= 0.3 is 0 Å². The second kappa shape index (κ2) is 6.44. The number of nitrogens with one attached hydrogen (secondary N) is 1. The first kappa shape index (κ1) is 14.3. The van der Waals surface area contributed by atoms with E-state index < -0.39 is 0 Å². The minimum atomic E-state index is -0.00897. The van der Waals surface area contributed by atoms with Crippen molar-refractivity contribution in [3.8, 4) is 0 Å². The van der Waals surface area contributed by atoms with Crippen molar-refractivity contribution in [2.75, 3.05) is 38.5 Å². The van der Waals surface area contributed by atoms with Gasteiger partial charge in [0.2, 0.25) is 5.91 Å². The first-order valence-corrected chi connectivity index (χ1v) is 8.06. The maximum atomic E-state index is 12.6. The Bertz CT molecular complexity index is 525. The lowest BCUT2D eigenvalue weighted by Crippen LogP contribution is -2.51. The Kier molecular flexibility index (Phi) is 4.40. The summed E-state index contributed by atoms with van der Waals surface area (Å²) in [6.07, 6.45) is 3.53. The number of rotatable bonds is 3. The molecule has 0 aromatic carbocycles. The van der Waals surface area contributed by atoms with Crippen LogP contribution in [-0.2, 0) is 4.79 Å². The number of piperazine rings is 1. The number of carbonyl (C=O) groups is 2. The molecule has 2 fully saturated rings. The predicted octanol–water partition coefficient (Wildman–Crippen LogP) is 0.723. The average molecular weight is 306 g/mol. The van der Waals surface area contributed by atoms with E-state index in [1.807, 2.05) is 17.0 Å². The van der Waals surface area contributed by atoms with E-state index in [0.29, 0.717) is 13.1 Å². The number of pyridine rings is 1. The third kappa shape index (κ3) is 3.19. The molecule has 1 unspecified atom stereocenters. The van der Waals surface area contributed by atoms with Crippen molar-refractivity contribution in [3.05, 3.63) is 30.1 Å². The van der Waals surface area contributed by atoms with E-state index in [9.17, 15) is 9.59 Å². The van der Waals surface area contributed by atoms with Crippen LogP contribution in [0.15, 0.2) is 24.5 Å². The molecule has 1 aromatic heterocycles. The largest absolute Gasteiger partial charge is 0.331 e. The summed E-state index contributed by atoms with van der Waals surface area (Å²) in [4.78, 5) is 31.8. The molecule has 2 aliphatic rings. The summed E-state index contributed by atoms with van der Waals surface area (Å²) < 4.78 is 0. The minimum Gasteiger partial charge on any atom is -0.331 e. The van der Waals surface area contributed by atoms with Gasteiger partial charge in [0.05, 0.1) is 6.04 Å². The highest BCUT2D eigenvalue weighted by atomic mass is 32.2. The zero-order valence-corrected chi connectivity index (χ0v) is 12.5. The number of carbonyl (C=O) groups excluding carboxylic acids is 2. The quantitative estimate of drug-likeness (QED) is 0.891. The van der Waals surface area contributed by atoms with Crippen molar-refractivity contribution < 1.29 is 9.59 Å². The Balaban J connectivity index is 1.71. The van der Waals surface area contributed by atoms with E-state index in [0.717, 1.165) is 24.4 Å². The molecule has 2 aliphatic heterocycles. The molecule has 0 spiro atoms. The SMILES string of the molecule is O=C1SCCN1CC(=O)N1CCNCC1c1cccnc1. The molecule has 6 nitrogen and oxygen atoms in total. The van der Waals surface area contributed by atoms with Crippen LogP contribution in [0.25, 0.3) is 0 Å². The van der Waals surface area contributed by atoms with E-state index in [4.69, 9.17) is 0 Å². The first-order valence-electron chi connectivity index (χ1n) is 7.07. The van der Waals surface area contributed by atoms with Crippen LogP contribution in [0.3, 0.4) is 0 Å². The fraction of sp³-hybridized carbons (Fsp3) is 0.500. The van der Waals surface area contributed by atoms with E-state index in [-0.39, 0.29) is 23.7 Å². The van der Waals surface area contributed by atoms with Gasteiger partial charge in [0, 0.05) is 44.3 Å². The summed E-state index contributed by atoms with van der Waals surface area (Å²) in [5, 5.41) is 3.32. The first-order chi connectivity index (χ1) is 10.3. The molecule has 0 radical (unpaired) electrons. The molecule has 112 valence electrons. The fourth-order valence-corrected chi connectivity index (χ4v) is 3.52. The van der Waals surface area contributed by atoms with Gasteiger partial charge in [-0.2, -0.15) is 0 Å². The molecule has 0 saturated carbocycles. The second-order valence-electron chi connectivity index (χ2n) is 5.13. The average Bonchev–Trinajstić information content (AvgIpc) is 2.93. The zero-order valence-electron chi connectivity index (χ0n) is 11.7. The topological polar surface area (TPSA) is 65.5 Å². The maximum Gasteiger partial charge on any atom is 0.282 e. The molecule has 0 bridgehead atoms. The molecule has 3 heterocycles. The van der Waals surface area contributed by atoms with Crippen molar-refractivity contribution in [1.82, 2.24) is 20.1 Å². The van der Waals surface area contributed by atoms with Crippen LogP contribution >= 0.6 is 11.8 Å². The number of hydrogen-bond donors (Lipinski definition) is 1. The van der Waals surface area contributed by atoms with Crippen molar-refractivity contribution >= 4 is 22.9 Å². The van der Waals surface area contributed by atoms with Gasteiger partial charge in [-0.25, -0.2) is 0 Å². The lowest BCUT2D eigenvalue weighted by atomic mass is 10.1. The minimum absolute atomic E-state index is 0.00897. The van der Waals surface area contributed by atoms with Gasteiger partial charge in [0.25, 0.3) is 5.24 Å². The number of nitrogens with zero attached hydrogens (tertiary/aromatic N) is 3. The molecule has 7 heteroatoms. The van der Waals surface area contributed by atoms with Crippen LogP contribution in [0, 0.1) is 0 Å². The van der Waals surface area contributed by atoms with Gasteiger partial charge in [-0.15, -0.1) is 0 Å². The van der Waals surface area contributed by atoms with Crippen LogP contribution in [0.2, 0.25) is 0 Å². The van der Waals surface area contributed by atoms with Crippen molar-refractivity contribution in [3.63, 3.8) is 0 Å². The van der Waals surface area contributed by atoms with Gasteiger partial charge in [-0.05, 0) is 11.6 Å². The van der Waals surface area contributed by atoms with Gasteiger partial charge in [0.15, 0.2) is 0 Å². The Morgan fingerprint density at radius 1 is 1.48 bits per heavy atom. The molecule has 1 atom stereocenters. The Morgan fingerprint density at radius 3 is 3.10 bits per heavy atom. The second-order valence-corrected chi connectivity index (χ2v) is 6.18. The molecule has 0 aliphatic carbocycles. The van der Waals surface area contributed by atoms with Crippen molar-refractivity contribution in [2.45, 2.75) is 6.04 Å². The predicted molar refractivity (Wildman–Crippen MR) is 81.0 cm³/mol. The zero-order chi connectivity index (χ0) is 14.7. The third-order valence-corrected chi connectivity index (χ3v) is 4.70. The summed E-state index contributed by atoms with van der Waals surface area (Å²) >= 11 is 1.29. The van der Waals surface area contributed by atoms with Gasteiger partial charge in [-0.3, -0.25) is 14.6 Å². The van der Waals surface area contributed by atoms with E-state index in [1.165, 1.54) is 11.8 Å². The molecular formula is C14H18N4O2S. The van der Waals surface area contributed by atoms with Crippen LogP contribution in [0.5, 0.6) is 0 Å². The highest BCUT2D eigenvalue weighted by Crippen LogP contribution is 2.23. The highest BCUT2D eigenvalue weighted by Gasteiger charge is 2.31. The maximum absolute atomic E-state index is 12.6. The summed E-state index contributed by atoms with van der Waals surface area (Å²) in [5.41, 5.74) is 1.03. The normalized spacial score (nSPS) is 22.7. The van der Waals surface area contributed by atoms with E-state index in [1.54, 1.807) is 17.3 Å². The molecule has 2 amide bonds. The molecule has 1 aromatic rings. The Labute approximate surface area is 127 Å². The smallest absolute Gasteiger partial charge is 0.282 e. The Morgan fingerprint density at radius 2 is 2.38 bits per heavy atom. The monoisotopic (exact) mass is 306 g/mol. The fourth-order valence-electron chi connectivity index (χ4n) is 2.70. The molecular weight excluding hydrogens is 288 g/mol.